The molecule has 1 amide bonds. The topological polar surface area (TPSA) is 66.8 Å². The summed E-state index contributed by atoms with van der Waals surface area (Å²) in [5.74, 6) is -2.11. The fourth-order valence-electron chi connectivity index (χ4n) is 4.26. The molecule has 0 aromatic heterocycles. The molecule has 1 heterocycles. The summed E-state index contributed by atoms with van der Waals surface area (Å²) in [6.07, 6.45) is 0.386. The molecule has 0 saturated carbocycles. The number of amides is 1. The third-order valence-corrected chi connectivity index (χ3v) is 6.46. The summed E-state index contributed by atoms with van der Waals surface area (Å²) in [5, 5.41) is 12.1. The number of aliphatic hydroxyl groups is 1. The number of hydrogen-bond acceptors (Lipinski definition) is 4. The molecule has 1 saturated heterocycles. The van der Waals surface area contributed by atoms with E-state index in [0.29, 0.717) is 17.0 Å². The number of Topliss-reactive ketones (excluding diaryl/α,β-unsaturated/α-hetero) is 1. The summed E-state index contributed by atoms with van der Waals surface area (Å²) in [6, 6.07) is 15.1. The van der Waals surface area contributed by atoms with Crippen LogP contribution < -0.4 is 4.74 Å². The second kappa shape index (κ2) is 10.1. The summed E-state index contributed by atoms with van der Waals surface area (Å²) in [5.41, 5.74) is 2.29. The maximum atomic E-state index is 13.3. The summed E-state index contributed by atoms with van der Waals surface area (Å²) in [6.45, 7) is 1.96. The first-order chi connectivity index (χ1) is 16.7. The number of carbonyl (C=O) groups excluding carboxylic acids is 2. The average Bonchev–Trinajstić information content (AvgIpc) is 3.08. The van der Waals surface area contributed by atoms with Gasteiger partial charge in [-0.25, -0.2) is 4.39 Å². The van der Waals surface area contributed by atoms with Crippen molar-refractivity contribution in [2.75, 3.05) is 13.7 Å². The molecular weight excluding hydrogens is 492 g/mol. The highest BCUT2D eigenvalue weighted by atomic mass is 35.5. The predicted octanol–water partition coefficient (Wildman–Crippen LogP) is 6.11. The van der Waals surface area contributed by atoms with E-state index in [4.69, 9.17) is 27.9 Å². The Bertz CT molecular complexity index is 1320. The second-order valence-corrected chi connectivity index (χ2v) is 9.09. The lowest BCUT2D eigenvalue weighted by atomic mass is 9.94. The van der Waals surface area contributed by atoms with Crippen LogP contribution in [-0.2, 0) is 16.0 Å². The molecule has 8 heteroatoms. The van der Waals surface area contributed by atoms with Crippen LogP contribution in [0.4, 0.5) is 4.39 Å². The minimum absolute atomic E-state index is 0.0728. The fraction of sp³-hybridized carbons (Fsp3) is 0.185. The molecule has 3 aromatic rings. The lowest BCUT2D eigenvalue weighted by Crippen LogP contribution is -2.31. The number of hydrogen-bond donors (Lipinski definition) is 1. The summed E-state index contributed by atoms with van der Waals surface area (Å²) in [4.78, 5) is 27.8. The molecule has 4 rings (SSSR count). The van der Waals surface area contributed by atoms with Gasteiger partial charge >= 0.3 is 0 Å². The largest absolute Gasteiger partial charge is 0.507 e. The molecule has 35 heavy (non-hydrogen) atoms. The SMILES string of the molecule is COc1c(Cl)cc(C)cc1/C(O)=C1\C(=O)C(=O)N(CCc2ccc(F)cc2)C1c1ccc(Cl)cc1. The van der Waals surface area contributed by atoms with Crippen LogP contribution in [0.5, 0.6) is 5.75 Å². The van der Waals surface area contributed by atoms with Crippen LogP contribution in [-0.4, -0.2) is 35.4 Å². The second-order valence-electron chi connectivity index (χ2n) is 8.25. The van der Waals surface area contributed by atoms with Gasteiger partial charge in [0.1, 0.15) is 17.3 Å². The number of likely N-dealkylation sites (tertiary alicyclic amines) is 1. The van der Waals surface area contributed by atoms with Crippen LogP contribution in [0.25, 0.3) is 5.76 Å². The van der Waals surface area contributed by atoms with Gasteiger partial charge in [-0.15, -0.1) is 0 Å². The Morgan fingerprint density at radius 1 is 1.06 bits per heavy atom. The first-order valence-electron chi connectivity index (χ1n) is 10.8. The van der Waals surface area contributed by atoms with Crippen LogP contribution in [0.15, 0.2) is 66.2 Å². The maximum absolute atomic E-state index is 13.3. The van der Waals surface area contributed by atoms with Crippen molar-refractivity contribution in [3.05, 3.63) is 104 Å². The number of halogens is 3. The molecule has 0 bridgehead atoms. The van der Waals surface area contributed by atoms with Gasteiger partial charge in [-0.2, -0.15) is 0 Å². The van der Waals surface area contributed by atoms with Gasteiger partial charge in [0.25, 0.3) is 11.7 Å². The smallest absolute Gasteiger partial charge is 0.295 e. The van der Waals surface area contributed by atoms with Crippen LogP contribution in [0.2, 0.25) is 10.0 Å². The van der Waals surface area contributed by atoms with Crippen molar-refractivity contribution in [2.45, 2.75) is 19.4 Å². The Kier molecular flexibility index (Phi) is 7.15. The molecule has 3 aromatic carbocycles. The Labute approximate surface area is 212 Å². The summed E-state index contributed by atoms with van der Waals surface area (Å²) in [7, 11) is 1.41. The molecule has 1 N–H and O–H groups in total. The van der Waals surface area contributed by atoms with E-state index in [9.17, 15) is 19.1 Å². The van der Waals surface area contributed by atoms with E-state index in [-0.39, 0.29) is 40.0 Å². The zero-order chi connectivity index (χ0) is 25.3. The van der Waals surface area contributed by atoms with Crippen molar-refractivity contribution < 1.29 is 23.8 Å². The molecular formula is C27H22Cl2FNO4. The van der Waals surface area contributed by atoms with E-state index < -0.39 is 17.7 Å². The van der Waals surface area contributed by atoms with Gasteiger partial charge in [0.2, 0.25) is 0 Å². The molecule has 1 unspecified atom stereocenters. The van der Waals surface area contributed by atoms with Gasteiger partial charge in [0.05, 0.1) is 29.3 Å². The minimum Gasteiger partial charge on any atom is -0.507 e. The van der Waals surface area contributed by atoms with E-state index in [1.54, 1.807) is 55.5 Å². The van der Waals surface area contributed by atoms with E-state index >= 15 is 0 Å². The Balaban J connectivity index is 1.84. The zero-order valence-electron chi connectivity index (χ0n) is 19.0. The highest BCUT2D eigenvalue weighted by molar-refractivity contribution is 6.46. The van der Waals surface area contributed by atoms with Gasteiger partial charge in [0.15, 0.2) is 0 Å². The third-order valence-electron chi connectivity index (χ3n) is 5.93. The first kappa shape index (κ1) is 24.8. The first-order valence-corrected chi connectivity index (χ1v) is 11.6. The van der Waals surface area contributed by atoms with Gasteiger partial charge in [-0.05, 0) is 66.4 Å². The van der Waals surface area contributed by atoms with Crippen molar-refractivity contribution in [1.82, 2.24) is 4.90 Å². The monoisotopic (exact) mass is 513 g/mol. The van der Waals surface area contributed by atoms with E-state index in [2.05, 4.69) is 0 Å². The maximum Gasteiger partial charge on any atom is 0.295 e. The molecule has 0 radical (unpaired) electrons. The number of methoxy groups -OCH3 is 1. The molecule has 0 spiro atoms. The number of ketones is 1. The Hall–Kier alpha value is -3.35. The number of aliphatic hydroxyl groups excluding tert-OH is 1. The summed E-state index contributed by atoms with van der Waals surface area (Å²) < 4.78 is 18.7. The highest BCUT2D eigenvalue weighted by Gasteiger charge is 2.46. The predicted molar refractivity (Wildman–Crippen MR) is 133 cm³/mol. The number of ether oxygens (including phenoxy) is 1. The van der Waals surface area contributed by atoms with Gasteiger partial charge in [0, 0.05) is 11.6 Å². The molecule has 1 aliphatic rings. The fourth-order valence-corrected chi connectivity index (χ4v) is 4.74. The number of rotatable bonds is 6. The lowest BCUT2D eigenvalue weighted by Gasteiger charge is -2.25. The number of benzene rings is 3. The van der Waals surface area contributed by atoms with Crippen LogP contribution in [0, 0.1) is 12.7 Å². The number of aryl methyl sites for hydroxylation is 1. The molecule has 1 atom stereocenters. The van der Waals surface area contributed by atoms with Crippen LogP contribution >= 0.6 is 23.2 Å². The third kappa shape index (κ3) is 4.90. The minimum atomic E-state index is -0.864. The summed E-state index contributed by atoms with van der Waals surface area (Å²) >= 11 is 12.4. The quantitative estimate of drug-likeness (QED) is 0.245. The molecule has 0 aliphatic carbocycles. The van der Waals surface area contributed by atoms with Crippen molar-refractivity contribution in [3.8, 4) is 5.75 Å². The van der Waals surface area contributed by atoms with Crippen molar-refractivity contribution in [3.63, 3.8) is 0 Å². The molecule has 5 nitrogen and oxygen atoms in total. The average molecular weight is 514 g/mol. The van der Waals surface area contributed by atoms with Gasteiger partial charge < -0.3 is 14.7 Å². The highest BCUT2D eigenvalue weighted by Crippen LogP contribution is 2.43. The van der Waals surface area contributed by atoms with Gasteiger partial charge in [-0.1, -0.05) is 47.5 Å². The lowest BCUT2D eigenvalue weighted by molar-refractivity contribution is -0.139. The van der Waals surface area contributed by atoms with E-state index in [0.717, 1.165) is 11.1 Å². The standard InChI is InChI=1S/C27H22Cl2FNO4/c1-15-13-20(26(35-2)21(29)14-15)24(32)22-23(17-5-7-18(28)8-6-17)31(27(34)25(22)33)12-11-16-3-9-19(30)10-4-16/h3-10,13-14,23,32H,11-12H2,1-2H3/b24-22+. The van der Waals surface area contributed by atoms with E-state index in [1.807, 2.05) is 0 Å². The zero-order valence-corrected chi connectivity index (χ0v) is 20.5. The van der Waals surface area contributed by atoms with Gasteiger partial charge in [-0.3, -0.25) is 9.59 Å². The molecule has 180 valence electrons. The molecule has 1 aliphatic heterocycles. The molecule has 1 fully saturated rings. The Morgan fingerprint density at radius 2 is 1.71 bits per heavy atom. The number of carbonyl (C=O) groups is 2. The van der Waals surface area contributed by atoms with Crippen molar-refractivity contribution in [2.24, 2.45) is 0 Å². The van der Waals surface area contributed by atoms with Crippen molar-refractivity contribution >= 4 is 40.7 Å². The normalized spacial score (nSPS) is 17.2. The van der Waals surface area contributed by atoms with E-state index in [1.165, 1.54) is 24.1 Å². The Morgan fingerprint density at radius 3 is 2.34 bits per heavy atom. The van der Waals surface area contributed by atoms with Crippen LogP contribution in [0.1, 0.15) is 28.3 Å². The van der Waals surface area contributed by atoms with Crippen molar-refractivity contribution in [1.29, 1.82) is 0 Å². The van der Waals surface area contributed by atoms with Crippen LogP contribution in [0.3, 0.4) is 0 Å². The number of nitrogens with zero attached hydrogens (tertiary/aromatic N) is 1.